The minimum absolute atomic E-state index is 0.0816. The summed E-state index contributed by atoms with van der Waals surface area (Å²) in [4.78, 5) is 48.5. The van der Waals surface area contributed by atoms with E-state index in [4.69, 9.17) is 19.6 Å². The molecular formula is C36H44N8O5. The summed E-state index contributed by atoms with van der Waals surface area (Å²) in [6.45, 7) is 12.6. The van der Waals surface area contributed by atoms with E-state index in [2.05, 4.69) is 28.6 Å². The number of carbonyl (C=O) groups is 2. The van der Waals surface area contributed by atoms with E-state index in [0.717, 1.165) is 55.8 Å². The van der Waals surface area contributed by atoms with Crippen LogP contribution in [0.2, 0.25) is 0 Å². The highest BCUT2D eigenvalue weighted by atomic mass is 16.5. The molecule has 0 bridgehead atoms. The maximum absolute atomic E-state index is 14.1. The molecule has 1 aliphatic carbocycles. The predicted molar refractivity (Wildman–Crippen MR) is 185 cm³/mol. The van der Waals surface area contributed by atoms with Crippen LogP contribution in [0.25, 0.3) is 11.1 Å². The zero-order chi connectivity index (χ0) is 34.6. The second kappa shape index (κ2) is 12.6. The van der Waals surface area contributed by atoms with Gasteiger partial charge in [0.15, 0.2) is 5.82 Å². The molecule has 4 aromatic heterocycles. The molecule has 0 aromatic carbocycles. The van der Waals surface area contributed by atoms with Crippen molar-refractivity contribution in [1.29, 1.82) is 0 Å². The number of amides is 1. The number of carbonyl (C=O) groups excluding carboxylic acids is 2. The third kappa shape index (κ3) is 6.05. The molecule has 7 rings (SSSR count). The molecule has 258 valence electrons. The van der Waals surface area contributed by atoms with Gasteiger partial charge >= 0.3 is 5.97 Å². The molecule has 13 nitrogen and oxygen atoms in total. The first-order valence-electron chi connectivity index (χ1n) is 16.8. The first-order chi connectivity index (χ1) is 23.4. The van der Waals surface area contributed by atoms with Crippen molar-refractivity contribution in [2.24, 2.45) is 12.5 Å². The first-order valence-corrected chi connectivity index (χ1v) is 16.8. The maximum Gasteiger partial charge on any atom is 0.302 e. The fourth-order valence-electron chi connectivity index (χ4n) is 7.51. The van der Waals surface area contributed by atoms with Gasteiger partial charge in [-0.15, -0.1) is 0 Å². The van der Waals surface area contributed by atoms with Crippen LogP contribution in [0.15, 0.2) is 35.3 Å². The van der Waals surface area contributed by atoms with Crippen LogP contribution < -0.4 is 15.8 Å². The van der Waals surface area contributed by atoms with E-state index in [-0.39, 0.29) is 23.5 Å². The van der Waals surface area contributed by atoms with Gasteiger partial charge in [-0.1, -0.05) is 13.8 Å². The van der Waals surface area contributed by atoms with E-state index in [0.29, 0.717) is 54.0 Å². The number of aromatic nitrogens is 5. The summed E-state index contributed by atoms with van der Waals surface area (Å²) in [6.07, 6.45) is 3.55. The van der Waals surface area contributed by atoms with Gasteiger partial charge in [0.2, 0.25) is 0 Å². The summed E-state index contributed by atoms with van der Waals surface area (Å²) in [5.41, 5.74) is 7.32. The van der Waals surface area contributed by atoms with Crippen molar-refractivity contribution in [3.63, 3.8) is 0 Å². The van der Waals surface area contributed by atoms with Crippen molar-refractivity contribution >= 4 is 29.2 Å². The molecule has 0 atom stereocenters. The van der Waals surface area contributed by atoms with Crippen molar-refractivity contribution in [3.8, 4) is 11.1 Å². The second-order valence-electron chi connectivity index (χ2n) is 14.1. The van der Waals surface area contributed by atoms with E-state index in [1.807, 2.05) is 35.9 Å². The van der Waals surface area contributed by atoms with Gasteiger partial charge in [0.05, 0.1) is 18.8 Å². The quantitative estimate of drug-likeness (QED) is 0.265. The van der Waals surface area contributed by atoms with Crippen molar-refractivity contribution in [3.05, 3.63) is 74.7 Å². The summed E-state index contributed by atoms with van der Waals surface area (Å²) in [5, 5.41) is 8.02. The van der Waals surface area contributed by atoms with Gasteiger partial charge in [-0.3, -0.25) is 28.9 Å². The Morgan fingerprint density at radius 1 is 1.06 bits per heavy atom. The highest BCUT2D eigenvalue weighted by Crippen LogP contribution is 2.40. The number of rotatable bonds is 9. The number of fused-ring (bicyclic) bond motifs is 4. The zero-order valence-electron chi connectivity index (χ0n) is 29.1. The summed E-state index contributed by atoms with van der Waals surface area (Å²) in [7, 11) is 3.43. The summed E-state index contributed by atoms with van der Waals surface area (Å²) >= 11 is 0. The van der Waals surface area contributed by atoms with E-state index in [1.54, 1.807) is 29.8 Å². The standard InChI is InChI=1S/C36H44N8O5/c1-22-27(17-29(34(46)40(22)5)38-32-16-25-20-41(13-14-48-6)9-12-44(25)39-32)26-7-8-37-33(28(26)21-49-23(2)45)43-11-10-42-30(35(43)47)15-24-18-36(3,4)19-31(24)42/h7-8,15-17H,9-14,18-21H2,1-6H3,(H,38,39). The van der Waals surface area contributed by atoms with Crippen molar-refractivity contribution in [2.75, 3.05) is 43.6 Å². The van der Waals surface area contributed by atoms with E-state index < -0.39 is 5.97 Å². The SMILES string of the molecule is COCCN1CCn2nc(Nc3cc(-c4ccnc(N5CCn6c(cc7c6CC(C)(C)C7)C5=O)c4COC(C)=O)c(C)n(C)c3=O)cc2C1. The molecule has 0 spiro atoms. The molecule has 1 N–H and O–H groups in total. The van der Waals surface area contributed by atoms with E-state index >= 15 is 0 Å². The number of nitrogens with zero attached hydrogens (tertiary/aromatic N) is 7. The van der Waals surface area contributed by atoms with Crippen LogP contribution >= 0.6 is 0 Å². The smallest absolute Gasteiger partial charge is 0.302 e. The molecule has 0 radical (unpaired) electrons. The minimum atomic E-state index is -0.442. The van der Waals surface area contributed by atoms with Crippen LogP contribution in [0.3, 0.4) is 0 Å². The molecule has 13 heteroatoms. The molecule has 1 amide bonds. The van der Waals surface area contributed by atoms with Crippen LogP contribution in [0.1, 0.15) is 59.5 Å². The van der Waals surface area contributed by atoms with Crippen LogP contribution in [-0.4, -0.2) is 74.0 Å². The van der Waals surface area contributed by atoms with Crippen molar-refractivity contribution in [1.82, 2.24) is 28.8 Å². The van der Waals surface area contributed by atoms with Crippen molar-refractivity contribution in [2.45, 2.75) is 66.8 Å². The van der Waals surface area contributed by atoms with Crippen LogP contribution in [0.5, 0.6) is 0 Å². The Labute approximate surface area is 285 Å². The second-order valence-corrected chi connectivity index (χ2v) is 14.1. The fraction of sp³-hybridized carbons (Fsp3) is 0.472. The Kier molecular flexibility index (Phi) is 8.44. The monoisotopic (exact) mass is 668 g/mol. The van der Waals surface area contributed by atoms with E-state index in [1.165, 1.54) is 18.2 Å². The Morgan fingerprint density at radius 2 is 1.88 bits per heavy atom. The normalized spacial score (nSPS) is 16.8. The topological polar surface area (TPSA) is 129 Å². The number of anilines is 3. The third-order valence-corrected chi connectivity index (χ3v) is 10.1. The molecule has 0 saturated heterocycles. The molecule has 0 fully saturated rings. The largest absolute Gasteiger partial charge is 0.461 e. The number of esters is 1. The van der Waals surface area contributed by atoms with Gasteiger partial charge in [0.25, 0.3) is 11.5 Å². The van der Waals surface area contributed by atoms with Gasteiger partial charge in [-0.25, -0.2) is 4.98 Å². The van der Waals surface area contributed by atoms with Crippen LogP contribution in [0, 0.1) is 12.3 Å². The summed E-state index contributed by atoms with van der Waals surface area (Å²) in [5.74, 6) is 0.460. The fourth-order valence-corrected chi connectivity index (χ4v) is 7.51. The lowest BCUT2D eigenvalue weighted by Gasteiger charge is -2.31. The molecule has 2 aliphatic heterocycles. The molecule has 3 aliphatic rings. The highest BCUT2D eigenvalue weighted by molar-refractivity contribution is 6.06. The average molecular weight is 669 g/mol. The molecule has 6 heterocycles. The number of pyridine rings is 2. The number of ether oxygens (including phenoxy) is 2. The van der Waals surface area contributed by atoms with E-state index in [9.17, 15) is 14.4 Å². The lowest BCUT2D eigenvalue weighted by molar-refractivity contribution is -0.142. The maximum atomic E-state index is 14.1. The first kappa shape index (κ1) is 32.8. The lowest BCUT2D eigenvalue weighted by Crippen LogP contribution is -2.41. The Bertz CT molecular complexity index is 2020. The molecule has 0 unspecified atom stereocenters. The lowest BCUT2D eigenvalue weighted by atomic mass is 9.90. The van der Waals surface area contributed by atoms with Gasteiger partial charge in [-0.2, -0.15) is 5.10 Å². The number of hydrogen-bond acceptors (Lipinski definition) is 9. The third-order valence-electron chi connectivity index (χ3n) is 10.1. The molecular weight excluding hydrogens is 624 g/mol. The van der Waals surface area contributed by atoms with Gasteiger partial charge in [-0.05, 0) is 54.5 Å². The Balaban J connectivity index is 1.24. The van der Waals surface area contributed by atoms with Gasteiger partial charge in [0.1, 0.15) is 23.8 Å². The molecule has 0 saturated carbocycles. The minimum Gasteiger partial charge on any atom is -0.461 e. The highest BCUT2D eigenvalue weighted by Gasteiger charge is 2.38. The number of hydrogen-bond donors (Lipinski definition) is 1. The Morgan fingerprint density at radius 3 is 2.65 bits per heavy atom. The van der Waals surface area contributed by atoms with Gasteiger partial charge < -0.3 is 23.9 Å². The van der Waals surface area contributed by atoms with Gasteiger partial charge in [0, 0.05) is 88.6 Å². The summed E-state index contributed by atoms with van der Waals surface area (Å²) in [6, 6.07) is 7.67. The van der Waals surface area contributed by atoms with Crippen molar-refractivity contribution < 1.29 is 19.1 Å². The zero-order valence-corrected chi connectivity index (χ0v) is 29.1. The van der Waals surface area contributed by atoms with Crippen LogP contribution in [-0.2, 0) is 60.4 Å². The van der Waals surface area contributed by atoms with Crippen LogP contribution in [0.4, 0.5) is 17.3 Å². The number of nitrogens with one attached hydrogen (secondary N) is 1. The average Bonchev–Trinajstić information content (AvgIpc) is 3.72. The Hall–Kier alpha value is -4.75. The molecule has 49 heavy (non-hydrogen) atoms. The molecule has 4 aromatic rings. The summed E-state index contributed by atoms with van der Waals surface area (Å²) < 4.78 is 16.5. The number of methoxy groups -OCH3 is 1. The predicted octanol–water partition coefficient (Wildman–Crippen LogP) is 3.81.